The number of nitriles is 1. The van der Waals surface area contributed by atoms with Crippen LogP contribution >= 0.6 is 0 Å². The van der Waals surface area contributed by atoms with E-state index < -0.39 is 16.0 Å². The molecule has 0 aliphatic rings. The minimum atomic E-state index is -3.69. The summed E-state index contributed by atoms with van der Waals surface area (Å²) in [6.45, 7) is 3.53. The number of sulfonamides is 1. The van der Waals surface area contributed by atoms with E-state index in [2.05, 4.69) is 4.72 Å². The highest BCUT2D eigenvalue weighted by Crippen LogP contribution is 2.16. The second-order valence-electron chi connectivity index (χ2n) is 4.04. The Morgan fingerprint density at radius 3 is 2.70 bits per heavy atom. The molecular weight excluding hydrogens is 280 g/mol. The van der Waals surface area contributed by atoms with Crippen molar-refractivity contribution < 1.29 is 17.9 Å². The number of hydrogen-bond acceptors (Lipinski definition) is 5. The van der Waals surface area contributed by atoms with Crippen LogP contribution in [0.5, 0.6) is 0 Å². The third-order valence-electron chi connectivity index (χ3n) is 2.52. The van der Waals surface area contributed by atoms with Crippen molar-refractivity contribution >= 4 is 16.0 Å². The number of ether oxygens (including phenoxy) is 1. The number of nitrogens with one attached hydrogen (secondary N) is 1. The SMILES string of the molecule is CCOC(=O)CCNS(=O)(=O)c1ccc(C#N)cc1C. The molecule has 108 valence electrons. The van der Waals surface area contributed by atoms with Gasteiger partial charge in [0, 0.05) is 6.54 Å². The van der Waals surface area contributed by atoms with Crippen LogP contribution in [0.3, 0.4) is 0 Å². The number of esters is 1. The van der Waals surface area contributed by atoms with Crippen LogP contribution in [0.15, 0.2) is 23.1 Å². The van der Waals surface area contributed by atoms with Crippen LogP contribution in [0.1, 0.15) is 24.5 Å². The molecule has 6 nitrogen and oxygen atoms in total. The molecule has 0 fully saturated rings. The first-order valence-corrected chi connectivity index (χ1v) is 7.55. The molecule has 1 aromatic rings. The highest BCUT2D eigenvalue weighted by atomic mass is 32.2. The summed E-state index contributed by atoms with van der Waals surface area (Å²) in [7, 11) is -3.69. The van der Waals surface area contributed by atoms with Crippen LogP contribution in [-0.2, 0) is 19.6 Å². The molecule has 1 aromatic carbocycles. The average molecular weight is 296 g/mol. The Balaban J connectivity index is 2.75. The first-order chi connectivity index (χ1) is 9.40. The van der Waals surface area contributed by atoms with Gasteiger partial charge in [-0.05, 0) is 37.6 Å². The lowest BCUT2D eigenvalue weighted by molar-refractivity contribution is -0.142. The van der Waals surface area contributed by atoms with E-state index in [1.807, 2.05) is 6.07 Å². The summed E-state index contributed by atoms with van der Waals surface area (Å²) in [6, 6.07) is 6.26. The molecular formula is C13H16N2O4S. The number of nitrogens with zero attached hydrogens (tertiary/aromatic N) is 1. The summed E-state index contributed by atoms with van der Waals surface area (Å²) in [5, 5.41) is 8.74. The number of carbonyl (C=O) groups is 1. The molecule has 0 aliphatic heterocycles. The van der Waals surface area contributed by atoms with Crippen LogP contribution in [0, 0.1) is 18.3 Å². The van der Waals surface area contributed by atoms with E-state index in [0.717, 1.165) is 0 Å². The third kappa shape index (κ3) is 4.33. The van der Waals surface area contributed by atoms with Crippen molar-refractivity contribution in [2.45, 2.75) is 25.2 Å². The van der Waals surface area contributed by atoms with Gasteiger partial charge in [-0.2, -0.15) is 5.26 Å². The Hall–Kier alpha value is -1.91. The van der Waals surface area contributed by atoms with Gasteiger partial charge in [-0.25, -0.2) is 13.1 Å². The molecule has 0 saturated heterocycles. The Labute approximate surface area is 118 Å². The van der Waals surface area contributed by atoms with Gasteiger partial charge < -0.3 is 4.74 Å². The molecule has 0 radical (unpaired) electrons. The van der Waals surface area contributed by atoms with Crippen LogP contribution < -0.4 is 4.72 Å². The van der Waals surface area contributed by atoms with Gasteiger partial charge in [0.15, 0.2) is 0 Å². The Bertz CT molecular complexity index is 632. The van der Waals surface area contributed by atoms with Gasteiger partial charge in [-0.15, -0.1) is 0 Å². The number of carbonyl (C=O) groups excluding carboxylic acids is 1. The summed E-state index contributed by atoms with van der Waals surface area (Å²) in [4.78, 5) is 11.2. The fraction of sp³-hybridized carbons (Fsp3) is 0.385. The summed E-state index contributed by atoms with van der Waals surface area (Å²) >= 11 is 0. The van der Waals surface area contributed by atoms with Crippen molar-refractivity contribution in [1.82, 2.24) is 4.72 Å². The minimum Gasteiger partial charge on any atom is -0.466 e. The topological polar surface area (TPSA) is 96.3 Å². The predicted octanol–water partition coefficient (Wildman–Crippen LogP) is 1.10. The lowest BCUT2D eigenvalue weighted by Gasteiger charge is -2.09. The van der Waals surface area contributed by atoms with Crippen LogP contribution in [0.25, 0.3) is 0 Å². The lowest BCUT2D eigenvalue weighted by Crippen LogP contribution is -2.27. The molecule has 0 heterocycles. The zero-order valence-corrected chi connectivity index (χ0v) is 12.2. The maximum Gasteiger partial charge on any atom is 0.307 e. The van der Waals surface area contributed by atoms with Crippen molar-refractivity contribution in [3.05, 3.63) is 29.3 Å². The molecule has 7 heteroatoms. The van der Waals surface area contributed by atoms with Crippen LogP contribution in [0.2, 0.25) is 0 Å². The Kier molecular flexibility index (Phi) is 5.67. The minimum absolute atomic E-state index is 0.0254. The lowest BCUT2D eigenvalue weighted by atomic mass is 10.2. The molecule has 0 unspecified atom stereocenters. The molecule has 1 N–H and O–H groups in total. The Morgan fingerprint density at radius 2 is 2.15 bits per heavy atom. The van der Waals surface area contributed by atoms with E-state index in [1.165, 1.54) is 18.2 Å². The van der Waals surface area contributed by atoms with E-state index in [-0.39, 0.29) is 24.5 Å². The average Bonchev–Trinajstić information content (AvgIpc) is 2.38. The summed E-state index contributed by atoms with van der Waals surface area (Å²) in [5.41, 5.74) is 0.876. The standard InChI is InChI=1S/C13H16N2O4S/c1-3-19-13(16)6-7-15-20(17,18)12-5-4-11(9-14)8-10(12)2/h4-5,8,15H,3,6-7H2,1-2H3. The zero-order chi connectivity index (χ0) is 15.2. The number of aryl methyl sites for hydroxylation is 1. The smallest absolute Gasteiger partial charge is 0.307 e. The van der Waals surface area contributed by atoms with Gasteiger partial charge in [0.05, 0.1) is 29.6 Å². The molecule has 0 aromatic heterocycles. The molecule has 1 rings (SSSR count). The van der Waals surface area contributed by atoms with Gasteiger partial charge in [0.25, 0.3) is 0 Å². The molecule has 20 heavy (non-hydrogen) atoms. The van der Waals surface area contributed by atoms with Gasteiger partial charge in [0.1, 0.15) is 0 Å². The summed E-state index contributed by atoms with van der Waals surface area (Å²) < 4.78 is 31.1. The fourth-order valence-corrected chi connectivity index (χ4v) is 2.88. The predicted molar refractivity (Wildman–Crippen MR) is 72.3 cm³/mol. The summed E-state index contributed by atoms with van der Waals surface area (Å²) in [6.07, 6.45) is -0.0254. The number of hydrogen-bond donors (Lipinski definition) is 1. The second-order valence-corrected chi connectivity index (χ2v) is 5.78. The molecule has 0 spiro atoms. The highest BCUT2D eigenvalue weighted by molar-refractivity contribution is 7.89. The summed E-state index contributed by atoms with van der Waals surface area (Å²) in [5.74, 6) is -0.452. The largest absolute Gasteiger partial charge is 0.466 e. The molecule has 0 amide bonds. The van der Waals surface area contributed by atoms with E-state index in [9.17, 15) is 13.2 Å². The van der Waals surface area contributed by atoms with Gasteiger partial charge in [-0.3, -0.25) is 4.79 Å². The van der Waals surface area contributed by atoms with Crippen molar-refractivity contribution in [2.75, 3.05) is 13.2 Å². The quantitative estimate of drug-likeness (QED) is 0.793. The maximum absolute atomic E-state index is 12.0. The maximum atomic E-state index is 12.0. The van der Waals surface area contributed by atoms with Gasteiger partial charge >= 0.3 is 5.97 Å². The van der Waals surface area contributed by atoms with Crippen LogP contribution in [0.4, 0.5) is 0 Å². The van der Waals surface area contributed by atoms with E-state index in [4.69, 9.17) is 10.00 Å². The van der Waals surface area contributed by atoms with Crippen molar-refractivity contribution in [2.24, 2.45) is 0 Å². The highest BCUT2D eigenvalue weighted by Gasteiger charge is 2.17. The van der Waals surface area contributed by atoms with E-state index in [1.54, 1.807) is 13.8 Å². The van der Waals surface area contributed by atoms with Crippen molar-refractivity contribution in [1.29, 1.82) is 5.26 Å². The molecule has 0 saturated carbocycles. The van der Waals surface area contributed by atoms with Crippen LogP contribution in [-0.4, -0.2) is 27.5 Å². The molecule has 0 atom stereocenters. The van der Waals surface area contributed by atoms with Crippen molar-refractivity contribution in [3.8, 4) is 6.07 Å². The number of rotatable bonds is 6. The van der Waals surface area contributed by atoms with Gasteiger partial charge in [0.2, 0.25) is 10.0 Å². The van der Waals surface area contributed by atoms with Crippen molar-refractivity contribution in [3.63, 3.8) is 0 Å². The monoisotopic (exact) mass is 296 g/mol. The van der Waals surface area contributed by atoms with E-state index in [0.29, 0.717) is 11.1 Å². The Morgan fingerprint density at radius 1 is 1.45 bits per heavy atom. The first kappa shape index (κ1) is 16.1. The molecule has 0 aliphatic carbocycles. The molecule has 0 bridgehead atoms. The van der Waals surface area contributed by atoms with Gasteiger partial charge in [-0.1, -0.05) is 0 Å². The second kappa shape index (κ2) is 7.03. The number of benzene rings is 1. The fourth-order valence-electron chi connectivity index (χ4n) is 1.62. The zero-order valence-electron chi connectivity index (χ0n) is 11.3. The first-order valence-electron chi connectivity index (χ1n) is 6.06. The normalized spacial score (nSPS) is 10.8. The third-order valence-corrected chi connectivity index (χ3v) is 4.14. The van der Waals surface area contributed by atoms with E-state index >= 15 is 0 Å².